The second-order valence-corrected chi connectivity index (χ2v) is 8.91. The molecular weight excluding hydrogens is 392 g/mol. The Hall–Kier alpha value is -2.79. The van der Waals surface area contributed by atoms with Gasteiger partial charge in [-0.1, -0.05) is 6.92 Å². The summed E-state index contributed by atoms with van der Waals surface area (Å²) in [6.07, 6.45) is 2.97. The summed E-state index contributed by atoms with van der Waals surface area (Å²) >= 11 is 0. The first-order chi connectivity index (χ1) is 14.9. The minimum atomic E-state index is -0.433. The second kappa shape index (κ2) is 8.39. The summed E-state index contributed by atoms with van der Waals surface area (Å²) in [7, 11) is 0. The third-order valence-corrected chi connectivity index (χ3v) is 7.15. The maximum Gasteiger partial charge on any atom is 0.350 e. The third kappa shape index (κ3) is 3.72. The highest BCUT2D eigenvalue weighted by Crippen LogP contribution is 2.38. The van der Waals surface area contributed by atoms with Gasteiger partial charge in [-0.2, -0.15) is 4.68 Å². The topological polar surface area (TPSA) is 80.9 Å². The summed E-state index contributed by atoms with van der Waals surface area (Å²) in [6, 6.07) is 4.37. The molecule has 2 unspecified atom stereocenters. The predicted molar refractivity (Wildman–Crippen MR) is 124 cm³/mol. The maximum absolute atomic E-state index is 12.8. The van der Waals surface area contributed by atoms with E-state index < -0.39 is 11.2 Å². The molecule has 2 aliphatic rings. The zero-order valence-corrected chi connectivity index (χ0v) is 18.7. The molecule has 2 atom stereocenters. The van der Waals surface area contributed by atoms with Crippen LogP contribution in [0.5, 0.6) is 0 Å². The number of fused-ring (bicyclic) bond motifs is 1. The summed E-state index contributed by atoms with van der Waals surface area (Å²) in [6.45, 7) is 17.7. The highest BCUT2D eigenvalue weighted by molar-refractivity contribution is 5.87. The number of aryl methyl sites for hydroxylation is 1. The Labute approximate surface area is 182 Å². The molecule has 2 N–H and O–H groups in total. The number of hydrogen-bond donors (Lipinski definition) is 1. The molecule has 2 fully saturated rings. The summed E-state index contributed by atoms with van der Waals surface area (Å²) in [5.74, 6) is 6.31. The molecule has 1 aliphatic heterocycles. The molecule has 1 saturated heterocycles. The van der Waals surface area contributed by atoms with Gasteiger partial charge < -0.3 is 15.6 Å². The monoisotopic (exact) mass is 424 g/mol. The lowest BCUT2D eigenvalue weighted by molar-refractivity contribution is 0.177. The summed E-state index contributed by atoms with van der Waals surface area (Å²) in [4.78, 5) is 33.7. The zero-order chi connectivity index (χ0) is 22.3. The SMILES string of the molecule is [C-]#[N+]CCN(CC)C(C)C1CCN(c2ccc3c(=O)n(N)c(=O)n(C4CC4)c3c2C)C1. The van der Waals surface area contributed by atoms with Crippen molar-refractivity contribution < 1.29 is 0 Å². The molecule has 1 aromatic heterocycles. The molecule has 2 heterocycles. The van der Waals surface area contributed by atoms with Crippen LogP contribution in [0.1, 0.15) is 44.7 Å². The van der Waals surface area contributed by atoms with Gasteiger partial charge in [0.05, 0.1) is 17.4 Å². The Bertz CT molecular complexity index is 1140. The molecule has 31 heavy (non-hydrogen) atoms. The van der Waals surface area contributed by atoms with Gasteiger partial charge in [0.2, 0.25) is 6.54 Å². The highest BCUT2D eigenvalue weighted by Gasteiger charge is 2.33. The molecule has 1 saturated carbocycles. The number of rotatable bonds is 7. The standard InChI is InChI=1S/C23H32N6O2/c1-5-26(13-11-25-4)16(3)17-10-12-27(14-17)20-9-8-19-21(15(20)2)28(18-6-7-18)23(31)29(24)22(19)30/h8-9,16-18H,5-7,10-14,24H2,1-3H3. The Morgan fingerprint density at radius 2 is 2.03 bits per heavy atom. The summed E-state index contributed by atoms with van der Waals surface area (Å²) in [5, 5.41) is 0.510. The van der Waals surface area contributed by atoms with Crippen LogP contribution in [-0.2, 0) is 0 Å². The van der Waals surface area contributed by atoms with Crippen molar-refractivity contribution >= 4 is 16.6 Å². The van der Waals surface area contributed by atoms with Crippen molar-refractivity contribution in [2.24, 2.45) is 5.92 Å². The Balaban J connectivity index is 1.67. The maximum atomic E-state index is 12.8. The molecular formula is C23H32N6O2. The van der Waals surface area contributed by atoms with Crippen molar-refractivity contribution in [1.29, 1.82) is 0 Å². The molecule has 0 amide bonds. The zero-order valence-electron chi connectivity index (χ0n) is 18.7. The molecule has 0 bridgehead atoms. The van der Waals surface area contributed by atoms with E-state index in [1.165, 1.54) is 0 Å². The van der Waals surface area contributed by atoms with Crippen LogP contribution < -0.4 is 22.0 Å². The molecule has 166 valence electrons. The molecule has 0 radical (unpaired) electrons. The van der Waals surface area contributed by atoms with Gasteiger partial charge in [0.25, 0.3) is 5.56 Å². The van der Waals surface area contributed by atoms with Crippen LogP contribution in [0.3, 0.4) is 0 Å². The van der Waals surface area contributed by atoms with Crippen LogP contribution >= 0.6 is 0 Å². The third-order valence-electron chi connectivity index (χ3n) is 7.15. The van der Waals surface area contributed by atoms with Crippen LogP contribution in [0.15, 0.2) is 21.7 Å². The van der Waals surface area contributed by atoms with Crippen molar-refractivity contribution in [1.82, 2.24) is 14.1 Å². The second-order valence-electron chi connectivity index (χ2n) is 8.91. The predicted octanol–water partition coefficient (Wildman–Crippen LogP) is 1.98. The minimum Gasteiger partial charge on any atom is -0.371 e. The van der Waals surface area contributed by atoms with E-state index in [0.717, 1.165) is 66.9 Å². The van der Waals surface area contributed by atoms with Gasteiger partial charge in [-0.3, -0.25) is 14.3 Å². The Morgan fingerprint density at radius 3 is 2.68 bits per heavy atom. The minimum absolute atomic E-state index is 0.131. The average molecular weight is 425 g/mol. The van der Waals surface area contributed by atoms with Crippen LogP contribution in [0.25, 0.3) is 15.7 Å². The first-order valence-electron chi connectivity index (χ1n) is 11.3. The number of aromatic nitrogens is 2. The lowest BCUT2D eigenvalue weighted by Crippen LogP contribution is -2.44. The fraction of sp³-hybridized carbons (Fsp3) is 0.609. The van der Waals surface area contributed by atoms with Gasteiger partial charge in [-0.15, -0.1) is 0 Å². The van der Waals surface area contributed by atoms with Gasteiger partial charge in [0.1, 0.15) is 0 Å². The van der Waals surface area contributed by atoms with Gasteiger partial charge in [0.15, 0.2) is 0 Å². The van der Waals surface area contributed by atoms with E-state index in [-0.39, 0.29) is 6.04 Å². The molecule has 8 nitrogen and oxygen atoms in total. The van der Waals surface area contributed by atoms with E-state index in [0.29, 0.717) is 23.9 Å². The van der Waals surface area contributed by atoms with Crippen molar-refractivity contribution in [3.63, 3.8) is 0 Å². The number of benzene rings is 1. The highest BCUT2D eigenvalue weighted by atomic mass is 16.2. The Kier molecular flexibility index (Phi) is 5.80. The van der Waals surface area contributed by atoms with Gasteiger partial charge in [-0.25, -0.2) is 11.4 Å². The lowest BCUT2D eigenvalue weighted by atomic mass is 9.99. The quantitative estimate of drug-likeness (QED) is 0.543. The smallest absolute Gasteiger partial charge is 0.350 e. The number of hydrogen-bond acceptors (Lipinski definition) is 5. The van der Waals surface area contributed by atoms with E-state index in [1.807, 2.05) is 19.1 Å². The first kappa shape index (κ1) is 21.4. The van der Waals surface area contributed by atoms with Crippen LogP contribution in [0.4, 0.5) is 5.69 Å². The van der Waals surface area contributed by atoms with Crippen LogP contribution in [0.2, 0.25) is 0 Å². The number of nitrogens with two attached hydrogens (primary N) is 1. The normalized spacial score (nSPS) is 19.8. The fourth-order valence-electron chi connectivity index (χ4n) is 5.14. The van der Waals surface area contributed by atoms with E-state index in [4.69, 9.17) is 12.4 Å². The lowest BCUT2D eigenvalue weighted by Gasteiger charge is -2.31. The molecule has 1 aliphatic carbocycles. The number of nitrogens with zero attached hydrogens (tertiary/aromatic N) is 5. The number of anilines is 1. The number of nitrogen functional groups attached to an aromatic ring is 1. The van der Waals surface area contributed by atoms with Crippen molar-refractivity contribution in [3.05, 3.63) is 50.0 Å². The van der Waals surface area contributed by atoms with Crippen molar-refractivity contribution in [3.8, 4) is 0 Å². The summed E-state index contributed by atoms with van der Waals surface area (Å²) < 4.78 is 2.48. The first-order valence-corrected chi connectivity index (χ1v) is 11.3. The molecule has 1 aromatic carbocycles. The van der Waals surface area contributed by atoms with E-state index in [2.05, 4.69) is 28.5 Å². The van der Waals surface area contributed by atoms with Crippen LogP contribution in [0, 0.1) is 19.4 Å². The van der Waals surface area contributed by atoms with Gasteiger partial charge in [-0.05, 0) is 63.3 Å². The van der Waals surface area contributed by atoms with Crippen LogP contribution in [-0.4, -0.2) is 52.9 Å². The van der Waals surface area contributed by atoms with Crippen molar-refractivity contribution in [2.45, 2.75) is 52.1 Å². The number of likely N-dealkylation sites (N-methyl/N-ethyl adjacent to an activating group) is 1. The van der Waals surface area contributed by atoms with E-state index in [9.17, 15) is 9.59 Å². The molecule has 4 rings (SSSR count). The fourth-order valence-corrected chi connectivity index (χ4v) is 5.14. The Morgan fingerprint density at radius 1 is 1.29 bits per heavy atom. The molecule has 8 heteroatoms. The summed E-state index contributed by atoms with van der Waals surface area (Å²) in [5.41, 5.74) is 1.95. The molecule has 2 aromatic rings. The van der Waals surface area contributed by atoms with Gasteiger partial charge >= 0.3 is 5.69 Å². The molecule has 0 spiro atoms. The largest absolute Gasteiger partial charge is 0.371 e. The van der Waals surface area contributed by atoms with Crippen molar-refractivity contribution in [2.75, 3.05) is 43.5 Å². The van der Waals surface area contributed by atoms with E-state index in [1.54, 1.807) is 4.57 Å². The average Bonchev–Trinajstić information content (AvgIpc) is 3.48. The van der Waals surface area contributed by atoms with Gasteiger partial charge in [0, 0.05) is 30.9 Å². The van der Waals surface area contributed by atoms with E-state index >= 15 is 0 Å².